The van der Waals surface area contributed by atoms with Crippen LogP contribution in [0.5, 0.6) is 0 Å². The Labute approximate surface area is 197 Å². The molecule has 0 amide bonds. The fourth-order valence-corrected chi connectivity index (χ4v) is 4.96. The van der Waals surface area contributed by atoms with Crippen LogP contribution in [0.1, 0.15) is 52.3 Å². The molecule has 2 aliphatic rings. The molecule has 3 atom stereocenters. The van der Waals surface area contributed by atoms with Gasteiger partial charge in [0, 0.05) is 24.9 Å². The van der Waals surface area contributed by atoms with E-state index >= 15 is 0 Å². The molecule has 3 aromatic rings. The number of hydrogen-bond donors (Lipinski definition) is 2. The van der Waals surface area contributed by atoms with Gasteiger partial charge in [-0.25, -0.2) is 4.79 Å². The summed E-state index contributed by atoms with van der Waals surface area (Å²) in [6.07, 6.45) is 3.98. The van der Waals surface area contributed by atoms with Crippen molar-refractivity contribution in [2.45, 2.75) is 38.0 Å². The van der Waals surface area contributed by atoms with E-state index in [0.29, 0.717) is 17.4 Å². The van der Waals surface area contributed by atoms with Crippen LogP contribution >= 0.6 is 12.2 Å². The molecule has 0 saturated carbocycles. The molecule has 5 rings (SSSR count). The summed E-state index contributed by atoms with van der Waals surface area (Å²) in [6.45, 7) is 3.35. The Balaban J connectivity index is 1.50. The first-order chi connectivity index (χ1) is 16.0. The van der Waals surface area contributed by atoms with E-state index in [1.807, 2.05) is 37.3 Å². The van der Waals surface area contributed by atoms with Crippen molar-refractivity contribution in [3.8, 4) is 11.3 Å². The normalized spacial score (nSPS) is 22.5. The first kappa shape index (κ1) is 21.6. The highest BCUT2D eigenvalue weighted by Gasteiger charge is 2.42. The summed E-state index contributed by atoms with van der Waals surface area (Å²) in [5.74, 6) is 0.514. The largest absolute Gasteiger partial charge is 0.478 e. The second kappa shape index (κ2) is 8.96. The molecule has 0 radical (unpaired) electrons. The summed E-state index contributed by atoms with van der Waals surface area (Å²) in [5, 5.41) is 13.4. The minimum Gasteiger partial charge on any atom is -0.478 e. The number of rotatable bonds is 6. The number of carboxylic acid groups (broad SMARTS) is 1. The van der Waals surface area contributed by atoms with Gasteiger partial charge in [0.25, 0.3) is 0 Å². The fraction of sp³-hybridized carbons (Fsp3) is 0.320. The number of carbonyl (C=O) groups is 1. The number of pyridine rings is 1. The van der Waals surface area contributed by atoms with Crippen LogP contribution in [0.15, 0.2) is 59.1 Å². The van der Waals surface area contributed by atoms with E-state index < -0.39 is 5.97 Å². The molecule has 2 aliphatic heterocycles. The number of nitrogens with zero attached hydrogens (tertiary/aromatic N) is 2. The van der Waals surface area contributed by atoms with Crippen molar-refractivity contribution in [2.24, 2.45) is 0 Å². The van der Waals surface area contributed by atoms with Gasteiger partial charge in [-0.05, 0) is 73.9 Å². The lowest BCUT2D eigenvalue weighted by atomic mass is 10.0. The summed E-state index contributed by atoms with van der Waals surface area (Å²) in [7, 11) is 0. The van der Waals surface area contributed by atoms with Crippen LogP contribution in [0.3, 0.4) is 0 Å². The molecule has 1 aromatic carbocycles. The number of ether oxygens (including phenoxy) is 1. The first-order valence-corrected chi connectivity index (χ1v) is 11.5. The highest BCUT2D eigenvalue weighted by atomic mass is 32.1. The quantitative estimate of drug-likeness (QED) is 0.517. The Hall–Kier alpha value is -3.23. The van der Waals surface area contributed by atoms with Gasteiger partial charge in [0.2, 0.25) is 0 Å². The highest BCUT2D eigenvalue weighted by Crippen LogP contribution is 2.41. The standard InChI is InChI=1S/C25H25N3O4S/c1-15-13-16(24(29)30)7-8-18(15)20-9-10-21(32-20)23-22(19-6-2-3-11-26-19)27-25(33)28(23)14-17-5-4-12-31-17/h2-3,6-11,13,17,22-23H,4-5,12,14H2,1H3,(H,27,33)(H,29,30)/t17-,22+,23-/m0/s1. The number of aryl methyl sites for hydroxylation is 1. The van der Waals surface area contributed by atoms with Crippen molar-refractivity contribution >= 4 is 23.3 Å². The van der Waals surface area contributed by atoms with Crippen LogP contribution in [0, 0.1) is 6.92 Å². The maximum Gasteiger partial charge on any atom is 0.335 e. The molecule has 2 fully saturated rings. The minimum atomic E-state index is -0.946. The zero-order valence-electron chi connectivity index (χ0n) is 18.2. The van der Waals surface area contributed by atoms with E-state index in [9.17, 15) is 9.90 Å². The van der Waals surface area contributed by atoms with Crippen molar-refractivity contribution < 1.29 is 19.1 Å². The molecule has 4 heterocycles. The molecule has 2 saturated heterocycles. The number of thiocarbonyl (C=S) groups is 1. The lowest BCUT2D eigenvalue weighted by molar-refractivity contribution is 0.0696. The number of hydrogen-bond acceptors (Lipinski definition) is 5. The summed E-state index contributed by atoms with van der Waals surface area (Å²) in [4.78, 5) is 18.0. The number of aromatic carboxylic acids is 1. The van der Waals surface area contributed by atoms with Crippen molar-refractivity contribution in [2.75, 3.05) is 13.2 Å². The van der Waals surface area contributed by atoms with Gasteiger partial charge < -0.3 is 24.5 Å². The molecular weight excluding hydrogens is 438 g/mol. The summed E-state index contributed by atoms with van der Waals surface area (Å²) >= 11 is 5.72. The predicted octanol–water partition coefficient (Wildman–Crippen LogP) is 4.50. The SMILES string of the molecule is Cc1cc(C(=O)O)ccc1-c1ccc([C@H]2[C@@H](c3ccccn3)NC(=S)N2C[C@@H]2CCCO2)o1. The number of carboxylic acids is 1. The van der Waals surface area contributed by atoms with Gasteiger partial charge in [-0.3, -0.25) is 4.98 Å². The van der Waals surface area contributed by atoms with E-state index in [1.165, 1.54) is 0 Å². The van der Waals surface area contributed by atoms with Crippen molar-refractivity contribution in [3.63, 3.8) is 0 Å². The lowest BCUT2D eigenvalue weighted by Gasteiger charge is -2.28. The van der Waals surface area contributed by atoms with Crippen molar-refractivity contribution in [1.29, 1.82) is 0 Å². The predicted molar refractivity (Wildman–Crippen MR) is 127 cm³/mol. The summed E-state index contributed by atoms with van der Waals surface area (Å²) < 4.78 is 12.3. The Bertz CT molecular complexity index is 1170. The third-order valence-electron chi connectivity index (χ3n) is 6.28. The van der Waals surface area contributed by atoms with Gasteiger partial charge in [0.1, 0.15) is 17.6 Å². The van der Waals surface area contributed by atoms with E-state index in [-0.39, 0.29) is 23.8 Å². The Morgan fingerprint density at radius 1 is 1.27 bits per heavy atom. The third kappa shape index (κ3) is 4.24. The fourth-order valence-electron chi connectivity index (χ4n) is 4.65. The topological polar surface area (TPSA) is 87.8 Å². The molecule has 2 N–H and O–H groups in total. The van der Waals surface area contributed by atoms with Crippen LogP contribution in [0.2, 0.25) is 0 Å². The summed E-state index contributed by atoms with van der Waals surface area (Å²) in [6, 6.07) is 14.5. The van der Waals surface area contributed by atoms with Crippen molar-refractivity contribution in [1.82, 2.24) is 15.2 Å². The molecule has 0 bridgehead atoms. The number of aromatic nitrogens is 1. The maximum atomic E-state index is 11.3. The molecule has 7 nitrogen and oxygen atoms in total. The van der Waals surface area contributed by atoms with Crippen LogP contribution in [0.25, 0.3) is 11.3 Å². The van der Waals surface area contributed by atoms with E-state index in [4.69, 9.17) is 21.4 Å². The Kier molecular flexibility index (Phi) is 5.86. The molecule has 2 aromatic heterocycles. The average Bonchev–Trinajstić information content (AvgIpc) is 3.56. The highest BCUT2D eigenvalue weighted by molar-refractivity contribution is 7.80. The summed E-state index contributed by atoms with van der Waals surface area (Å²) in [5.41, 5.74) is 2.85. The zero-order valence-corrected chi connectivity index (χ0v) is 19.0. The molecule has 0 spiro atoms. The van der Waals surface area contributed by atoms with Crippen LogP contribution in [0.4, 0.5) is 0 Å². The van der Waals surface area contributed by atoms with Gasteiger partial charge in [-0.2, -0.15) is 0 Å². The smallest absolute Gasteiger partial charge is 0.335 e. The van der Waals surface area contributed by atoms with Crippen molar-refractivity contribution in [3.05, 3.63) is 77.3 Å². The number of nitrogens with one attached hydrogen (secondary N) is 1. The zero-order chi connectivity index (χ0) is 22.9. The molecule has 8 heteroatoms. The van der Waals surface area contributed by atoms with E-state index in [2.05, 4.69) is 15.2 Å². The Morgan fingerprint density at radius 2 is 2.15 bits per heavy atom. The van der Waals surface area contributed by atoms with Gasteiger partial charge in [-0.1, -0.05) is 12.1 Å². The molecule has 33 heavy (non-hydrogen) atoms. The second-order valence-corrected chi connectivity index (χ2v) is 8.84. The molecular formula is C25H25N3O4S. The third-order valence-corrected chi connectivity index (χ3v) is 6.63. The van der Waals surface area contributed by atoms with Crippen LogP contribution in [-0.2, 0) is 4.74 Å². The molecule has 170 valence electrons. The lowest BCUT2D eigenvalue weighted by Crippen LogP contribution is -2.36. The van der Waals surface area contributed by atoms with E-state index in [0.717, 1.165) is 42.0 Å². The van der Waals surface area contributed by atoms with Crippen LogP contribution in [-0.4, -0.2) is 45.3 Å². The monoisotopic (exact) mass is 463 g/mol. The van der Waals surface area contributed by atoms with Gasteiger partial charge >= 0.3 is 5.97 Å². The Morgan fingerprint density at radius 3 is 2.85 bits per heavy atom. The number of furan rings is 1. The maximum absolute atomic E-state index is 11.3. The van der Waals surface area contributed by atoms with Gasteiger partial charge in [-0.15, -0.1) is 0 Å². The number of benzene rings is 1. The second-order valence-electron chi connectivity index (χ2n) is 8.45. The van der Waals surface area contributed by atoms with Gasteiger partial charge in [0.05, 0.1) is 23.4 Å². The van der Waals surface area contributed by atoms with Crippen LogP contribution < -0.4 is 5.32 Å². The van der Waals surface area contributed by atoms with E-state index in [1.54, 1.807) is 24.4 Å². The minimum absolute atomic E-state index is 0.134. The van der Waals surface area contributed by atoms with Gasteiger partial charge in [0.15, 0.2) is 5.11 Å². The average molecular weight is 464 g/mol. The first-order valence-electron chi connectivity index (χ1n) is 11.0. The molecule has 0 unspecified atom stereocenters. The molecule has 0 aliphatic carbocycles.